The fourth-order valence-electron chi connectivity index (χ4n) is 2.64. The van der Waals surface area contributed by atoms with Crippen molar-refractivity contribution in [2.24, 2.45) is 0 Å². The van der Waals surface area contributed by atoms with Crippen LogP contribution in [-0.2, 0) is 6.42 Å². The summed E-state index contributed by atoms with van der Waals surface area (Å²) < 4.78 is 0. The standard InChI is InChI=1S/C18H23NO2/c1-2-3-4-5-6-7-13-8-9-14-12-17(19)16(18(20)21)11-15(14)10-13/h8-12H,2-7,19H2,1H3,(H,20,21). The van der Waals surface area contributed by atoms with Crippen molar-refractivity contribution in [2.75, 3.05) is 5.73 Å². The lowest BCUT2D eigenvalue weighted by atomic mass is 9.99. The molecule has 2 rings (SSSR count). The average molecular weight is 285 g/mol. The lowest BCUT2D eigenvalue weighted by Crippen LogP contribution is -2.02. The maximum absolute atomic E-state index is 11.1. The van der Waals surface area contributed by atoms with Gasteiger partial charge >= 0.3 is 5.97 Å². The molecule has 0 aromatic heterocycles. The van der Waals surface area contributed by atoms with Crippen LogP contribution in [0.3, 0.4) is 0 Å². The van der Waals surface area contributed by atoms with Gasteiger partial charge in [-0.15, -0.1) is 0 Å². The Kier molecular flexibility index (Phi) is 5.20. The number of aromatic carboxylic acids is 1. The van der Waals surface area contributed by atoms with Gasteiger partial charge in [0.2, 0.25) is 0 Å². The third kappa shape index (κ3) is 3.97. The minimum Gasteiger partial charge on any atom is -0.478 e. The second kappa shape index (κ2) is 7.11. The van der Waals surface area contributed by atoms with Crippen molar-refractivity contribution in [1.29, 1.82) is 0 Å². The largest absolute Gasteiger partial charge is 0.478 e. The lowest BCUT2D eigenvalue weighted by Gasteiger charge is -2.07. The summed E-state index contributed by atoms with van der Waals surface area (Å²) in [5, 5.41) is 11.1. The molecule has 0 bridgehead atoms. The zero-order valence-electron chi connectivity index (χ0n) is 12.6. The number of benzene rings is 2. The highest BCUT2D eigenvalue weighted by molar-refractivity contribution is 6.00. The number of fused-ring (bicyclic) bond motifs is 1. The number of carboxylic acids is 1. The first-order valence-corrected chi connectivity index (χ1v) is 7.67. The van der Waals surface area contributed by atoms with Crippen LogP contribution >= 0.6 is 0 Å². The van der Waals surface area contributed by atoms with Crippen LogP contribution in [0.4, 0.5) is 5.69 Å². The Balaban J connectivity index is 2.13. The van der Waals surface area contributed by atoms with Gasteiger partial charge in [-0.2, -0.15) is 0 Å². The van der Waals surface area contributed by atoms with Gasteiger partial charge in [0.25, 0.3) is 0 Å². The van der Waals surface area contributed by atoms with Crippen LogP contribution < -0.4 is 5.73 Å². The summed E-state index contributed by atoms with van der Waals surface area (Å²) in [6.07, 6.45) is 7.35. The number of hydrogen-bond acceptors (Lipinski definition) is 2. The van der Waals surface area contributed by atoms with Crippen molar-refractivity contribution in [3.05, 3.63) is 41.5 Å². The van der Waals surface area contributed by atoms with Gasteiger partial charge in [0.1, 0.15) is 0 Å². The number of hydrogen-bond donors (Lipinski definition) is 2. The molecule has 3 N–H and O–H groups in total. The van der Waals surface area contributed by atoms with E-state index in [0.29, 0.717) is 5.69 Å². The maximum atomic E-state index is 11.1. The highest BCUT2D eigenvalue weighted by Gasteiger charge is 2.09. The van der Waals surface area contributed by atoms with Crippen molar-refractivity contribution in [3.63, 3.8) is 0 Å². The molecule has 0 saturated heterocycles. The molecule has 2 aromatic carbocycles. The third-order valence-corrected chi connectivity index (χ3v) is 3.87. The minimum absolute atomic E-state index is 0.183. The molecular weight excluding hydrogens is 262 g/mol. The molecule has 3 heteroatoms. The van der Waals surface area contributed by atoms with E-state index in [2.05, 4.69) is 19.1 Å². The highest BCUT2D eigenvalue weighted by Crippen LogP contribution is 2.24. The fraction of sp³-hybridized carbons (Fsp3) is 0.389. The van der Waals surface area contributed by atoms with Crippen LogP contribution in [0, 0.1) is 0 Å². The van der Waals surface area contributed by atoms with E-state index in [9.17, 15) is 4.79 Å². The summed E-state index contributed by atoms with van der Waals surface area (Å²) in [6.45, 7) is 2.22. The molecule has 0 amide bonds. The topological polar surface area (TPSA) is 63.3 Å². The molecule has 0 spiro atoms. The molecule has 0 radical (unpaired) electrons. The van der Waals surface area contributed by atoms with Crippen molar-refractivity contribution in [3.8, 4) is 0 Å². The van der Waals surface area contributed by atoms with Crippen molar-refractivity contribution in [1.82, 2.24) is 0 Å². The van der Waals surface area contributed by atoms with Gasteiger partial charge in [-0.05, 0) is 41.3 Å². The molecule has 112 valence electrons. The monoisotopic (exact) mass is 285 g/mol. The fourth-order valence-corrected chi connectivity index (χ4v) is 2.64. The number of nitrogen functional groups attached to an aromatic ring is 1. The number of carbonyl (C=O) groups is 1. The number of anilines is 1. The van der Waals surface area contributed by atoms with E-state index in [1.54, 1.807) is 12.1 Å². The van der Waals surface area contributed by atoms with Crippen molar-refractivity contribution in [2.45, 2.75) is 45.4 Å². The Morgan fingerprint density at radius 2 is 1.81 bits per heavy atom. The number of rotatable bonds is 7. The second-order valence-corrected chi connectivity index (χ2v) is 5.59. The highest BCUT2D eigenvalue weighted by atomic mass is 16.4. The first kappa shape index (κ1) is 15.4. The van der Waals surface area contributed by atoms with E-state index in [1.807, 2.05) is 6.07 Å². The maximum Gasteiger partial charge on any atom is 0.337 e. The van der Waals surface area contributed by atoms with Crippen LogP contribution in [0.2, 0.25) is 0 Å². The number of unbranched alkanes of at least 4 members (excludes halogenated alkanes) is 4. The Hall–Kier alpha value is -2.03. The summed E-state index contributed by atoms with van der Waals surface area (Å²) in [4.78, 5) is 11.1. The molecule has 2 aromatic rings. The number of aryl methyl sites for hydroxylation is 1. The molecule has 0 unspecified atom stereocenters. The molecule has 0 aliphatic heterocycles. The lowest BCUT2D eigenvalue weighted by molar-refractivity contribution is 0.0698. The molecule has 0 atom stereocenters. The minimum atomic E-state index is -0.973. The Morgan fingerprint density at radius 3 is 2.52 bits per heavy atom. The van der Waals surface area contributed by atoms with Crippen LogP contribution in [0.5, 0.6) is 0 Å². The molecule has 3 nitrogen and oxygen atoms in total. The number of nitrogens with two attached hydrogens (primary N) is 1. The van der Waals surface area contributed by atoms with Crippen molar-refractivity contribution < 1.29 is 9.90 Å². The van der Waals surface area contributed by atoms with E-state index >= 15 is 0 Å². The predicted octanol–water partition coefficient (Wildman–Crippen LogP) is 4.63. The van der Waals surface area contributed by atoms with Crippen LogP contribution in [0.1, 0.15) is 54.9 Å². The van der Waals surface area contributed by atoms with Gasteiger partial charge in [0.15, 0.2) is 0 Å². The van der Waals surface area contributed by atoms with E-state index in [1.165, 1.54) is 37.7 Å². The molecule has 0 aliphatic carbocycles. The van der Waals surface area contributed by atoms with E-state index in [0.717, 1.165) is 17.2 Å². The molecule has 21 heavy (non-hydrogen) atoms. The van der Waals surface area contributed by atoms with Gasteiger partial charge in [-0.25, -0.2) is 4.79 Å². The smallest absolute Gasteiger partial charge is 0.337 e. The van der Waals surface area contributed by atoms with Gasteiger partial charge in [-0.3, -0.25) is 0 Å². The van der Waals surface area contributed by atoms with Crippen molar-refractivity contribution >= 4 is 22.4 Å². The quantitative estimate of drug-likeness (QED) is 0.575. The zero-order valence-corrected chi connectivity index (χ0v) is 12.6. The first-order valence-electron chi connectivity index (χ1n) is 7.67. The summed E-state index contributed by atoms with van der Waals surface area (Å²) in [5.74, 6) is -0.973. The van der Waals surface area contributed by atoms with E-state index in [-0.39, 0.29) is 5.56 Å². The number of carboxylic acid groups (broad SMARTS) is 1. The Labute approximate surface area is 125 Å². The van der Waals surface area contributed by atoms with Gasteiger partial charge in [0, 0.05) is 5.69 Å². The zero-order chi connectivity index (χ0) is 15.2. The van der Waals surface area contributed by atoms with Crippen LogP contribution in [0.25, 0.3) is 10.8 Å². The molecule has 0 fully saturated rings. The summed E-state index contributed by atoms with van der Waals surface area (Å²) in [5.41, 5.74) is 7.54. The van der Waals surface area contributed by atoms with Gasteiger partial charge in [0.05, 0.1) is 5.56 Å². The predicted molar refractivity (Wildman–Crippen MR) is 87.8 cm³/mol. The second-order valence-electron chi connectivity index (χ2n) is 5.59. The SMILES string of the molecule is CCCCCCCc1ccc2cc(N)c(C(=O)O)cc2c1. The molecule has 0 heterocycles. The summed E-state index contributed by atoms with van der Waals surface area (Å²) in [6, 6.07) is 9.64. The molecule has 0 saturated carbocycles. The van der Waals surface area contributed by atoms with E-state index < -0.39 is 5.97 Å². The van der Waals surface area contributed by atoms with E-state index in [4.69, 9.17) is 10.8 Å². The Bertz CT molecular complexity index is 634. The first-order chi connectivity index (χ1) is 10.1. The van der Waals surface area contributed by atoms with Gasteiger partial charge < -0.3 is 10.8 Å². The average Bonchev–Trinajstić information content (AvgIpc) is 2.46. The van der Waals surface area contributed by atoms with Crippen LogP contribution in [-0.4, -0.2) is 11.1 Å². The summed E-state index contributed by atoms with van der Waals surface area (Å²) in [7, 11) is 0. The van der Waals surface area contributed by atoms with Crippen LogP contribution in [0.15, 0.2) is 30.3 Å². The third-order valence-electron chi connectivity index (χ3n) is 3.87. The summed E-state index contributed by atoms with van der Waals surface area (Å²) >= 11 is 0. The Morgan fingerprint density at radius 1 is 1.05 bits per heavy atom. The molecule has 0 aliphatic rings. The van der Waals surface area contributed by atoms with Gasteiger partial charge in [-0.1, -0.05) is 50.8 Å². The molecular formula is C18H23NO2. The normalized spacial score (nSPS) is 10.9.